The molecule has 0 radical (unpaired) electrons. The lowest BCUT2D eigenvalue weighted by Gasteiger charge is -2.17. The number of esters is 1. The van der Waals surface area contributed by atoms with Crippen molar-refractivity contribution < 1.29 is 13.9 Å². The second-order valence-corrected chi connectivity index (χ2v) is 39.4. The lowest BCUT2D eigenvalue weighted by Crippen LogP contribution is -2.05. The van der Waals surface area contributed by atoms with E-state index in [0.717, 1.165) is 80.5 Å². The number of hydrogen-bond donors (Lipinski definition) is 0. The smallest absolute Gasteiger partial charge is 0.339 e. The van der Waals surface area contributed by atoms with Crippen LogP contribution >= 0.6 is 103 Å². The summed E-state index contributed by atoms with van der Waals surface area (Å²) >= 11 is 14.7. The molecule has 0 saturated heterocycles. The van der Waals surface area contributed by atoms with Gasteiger partial charge >= 0.3 is 5.97 Å². The summed E-state index contributed by atoms with van der Waals surface area (Å²) in [5.41, 5.74) is 9.62. The third-order valence-corrected chi connectivity index (χ3v) is 31.8. The molecule has 2 atom stereocenters. The van der Waals surface area contributed by atoms with Crippen molar-refractivity contribution in [2.45, 2.75) is 311 Å². The van der Waals surface area contributed by atoms with Gasteiger partial charge in [0.25, 0.3) is 0 Å². The lowest BCUT2D eigenvalue weighted by molar-refractivity contribution is 0.0602. The molecule has 16 heteroatoms. The molecule has 0 aliphatic rings. The molecule has 2 aromatic carbocycles. The van der Waals surface area contributed by atoms with Crippen LogP contribution in [0.4, 0.5) is 4.39 Å². The fourth-order valence-corrected chi connectivity index (χ4v) is 24.9. The van der Waals surface area contributed by atoms with Gasteiger partial charge in [-0.05, 0) is 122 Å². The Hall–Kier alpha value is -4.36. The molecule has 0 aliphatic carbocycles. The summed E-state index contributed by atoms with van der Waals surface area (Å²) in [6.07, 6.45) is 56.4. The number of methoxy groups -OCH3 is 1. The molecule has 0 amide bonds. The highest BCUT2D eigenvalue weighted by Crippen LogP contribution is 2.52. The van der Waals surface area contributed by atoms with Crippen molar-refractivity contribution in [3.8, 4) is 69.7 Å². The van der Waals surface area contributed by atoms with Crippen molar-refractivity contribution in [2.24, 2.45) is 11.8 Å². The maximum absolute atomic E-state index is 15.7. The zero-order chi connectivity index (χ0) is 73.8. The number of aromatic nitrogens is 4. The third kappa shape index (κ3) is 23.2. The Balaban J connectivity index is 0.888. The first-order chi connectivity index (χ1) is 52.0. The van der Waals surface area contributed by atoms with Crippen LogP contribution in [0.2, 0.25) is 0 Å². The van der Waals surface area contributed by atoms with Gasteiger partial charge < -0.3 is 4.74 Å². The molecule has 0 bridgehead atoms. The Morgan fingerprint density at radius 1 is 0.358 bits per heavy atom. The second-order valence-electron chi connectivity index (χ2n) is 30.5. The fourth-order valence-electron chi connectivity index (χ4n) is 15.9. The standard InChI is InChI=1S/C90H119FN4O2S9/c1-8-12-16-20-24-28-30-34-38-41-45-64(44-40-36-32-26-22-18-14-10-3)54-66-56-79(99-63(66)6)70-58-68-69(83-85(70)94-105-92-83)59-71(86-84(68)93-106-95-86)80-57-67(55-65(46-42-37-33-27-23-19-15-11-4)47-43-39-35-31-29-25-21-17-13-9-2)87(102-80)77-53-52-75(101-77)74-50-51-76(100-74)81-60-72(90(96)97-7)88(103-81)82-61-73(91)89(104-82)78-49-48-62(5)98-78/h48-53,56-61,64-65H,8-47,54-55H2,1-7H3. The average molecular weight is 1600 g/mol. The van der Waals surface area contributed by atoms with Crippen LogP contribution < -0.4 is 0 Å². The number of rotatable bonds is 52. The number of ether oxygens (including phenoxy) is 1. The molecule has 0 spiro atoms. The van der Waals surface area contributed by atoms with Gasteiger partial charge in [0.2, 0.25) is 0 Å². The van der Waals surface area contributed by atoms with Gasteiger partial charge in [0.05, 0.1) is 45.9 Å². The van der Waals surface area contributed by atoms with Crippen molar-refractivity contribution in [2.75, 3.05) is 7.11 Å². The first kappa shape index (κ1) is 82.6. The van der Waals surface area contributed by atoms with Crippen molar-refractivity contribution in [3.63, 3.8) is 0 Å². The summed E-state index contributed by atoms with van der Waals surface area (Å²) in [6.45, 7) is 13.7. The number of aryl methyl sites for hydroxylation is 2. The average Bonchev–Trinajstić information content (AvgIpc) is 1.51. The summed E-state index contributed by atoms with van der Waals surface area (Å²) in [5, 5.41) is 2.22. The molecular formula is C90H119FN4O2S9. The van der Waals surface area contributed by atoms with E-state index in [2.05, 4.69) is 83.1 Å². The molecule has 572 valence electrons. The van der Waals surface area contributed by atoms with E-state index in [1.807, 2.05) is 59.1 Å². The molecule has 0 saturated carbocycles. The van der Waals surface area contributed by atoms with Crippen molar-refractivity contribution in [1.29, 1.82) is 0 Å². The summed E-state index contributed by atoms with van der Waals surface area (Å²) in [5.74, 6) is 0.631. The van der Waals surface area contributed by atoms with E-state index in [-0.39, 0.29) is 5.82 Å². The number of benzene rings is 2. The van der Waals surface area contributed by atoms with Gasteiger partial charge in [-0.2, -0.15) is 17.5 Å². The molecule has 2 unspecified atom stereocenters. The minimum Gasteiger partial charge on any atom is -0.465 e. The molecule has 0 fully saturated rings. The Kier molecular flexibility index (Phi) is 34.3. The second kappa shape index (κ2) is 44.0. The molecule has 0 aliphatic heterocycles. The van der Waals surface area contributed by atoms with Gasteiger partial charge in [-0.25, -0.2) is 9.18 Å². The van der Waals surface area contributed by atoms with E-state index in [9.17, 15) is 4.79 Å². The van der Waals surface area contributed by atoms with Crippen molar-refractivity contribution in [1.82, 2.24) is 17.5 Å². The van der Waals surface area contributed by atoms with E-state index in [4.69, 9.17) is 22.2 Å². The molecular weight excluding hydrogens is 1480 g/mol. The molecule has 9 heterocycles. The number of halogens is 1. The Morgan fingerprint density at radius 2 is 0.726 bits per heavy atom. The Labute approximate surface area is 671 Å². The predicted molar refractivity (Wildman–Crippen MR) is 472 cm³/mol. The summed E-state index contributed by atoms with van der Waals surface area (Å²) in [6, 6.07) is 26.5. The van der Waals surface area contributed by atoms with Crippen LogP contribution in [0, 0.1) is 31.5 Å². The predicted octanol–water partition coefficient (Wildman–Crippen LogP) is 33.5. The molecule has 0 N–H and O–H groups in total. The van der Waals surface area contributed by atoms with Crippen molar-refractivity contribution in [3.05, 3.63) is 105 Å². The van der Waals surface area contributed by atoms with E-state index in [1.165, 1.54) is 361 Å². The molecule has 11 rings (SSSR count). The van der Waals surface area contributed by atoms with Gasteiger partial charge in [-0.3, -0.25) is 0 Å². The lowest BCUT2D eigenvalue weighted by atomic mass is 9.88. The summed E-state index contributed by atoms with van der Waals surface area (Å²) in [4.78, 5) is 28.6. The van der Waals surface area contributed by atoms with Crippen LogP contribution in [0.3, 0.4) is 0 Å². The normalized spacial score (nSPS) is 12.6. The molecule has 6 nitrogen and oxygen atoms in total. The van der Waals surface area contributed by atoms with Crippen LogP contribution in [-0.2, 0) is 17.6 Å². The minimum atomic E-state index is -0.415. The first-order valence-electron chi connectivity index (χ1n) is 41.4. The van der Waals surface area contributed by atoms with E-state index < -0.39 is 5.97 Å². The highest BCUT2D eigenvalue weighted by molar-refractivity contribution is 7.31. The highest BCUT2D eigenvalue weighted by atomic mass is 32.1. The zero-order valence-electron chi connectivity index (χ0n) is 64.9. The first-order valence-corrected chi connectivity index (χ1v) is 48.6. The maximum Gasteiger partial charge on any atom is 0.339 e. The number of fused-ring (bicyclic) bond motifs is 5. The monoisotopic (exact) mass is 1590 g/mol. The highest BCUT2D eigenvalue weighted by Gasteiger charge is 2.28. The number of nitrogens with zero attached hydrogens (tertiary/aromatic N) is 4. The molecule has 9 aromatic heterocycles. The number of thiophene rings is 7. The van der Waals surface area contributed by atoms with Crippen LogP contribution in [-0.4, -0.2) is 30.6 Å². The topological polar surface area (TPSA) is 77.9 Å². The zero-order valence-corrected chi connectivity index (χ0v) is 72.3. The third-order valence-electron chi connectivity index (χ3n) is 22.0. The van der Waals surface area contributed by atoms with Crippen LogP contribution in [0.25, 0.3) is 102 Å². The SMILES string of the molecule is CCCCCCCCCCCCC(CCCCCCCCCC)Cc1cc(-c2cc3c(cc(-c4cc(CC(CCCCCCCCCC)CCCCCCCCCCCC)c(-c5ccc(-c6ccc(-c7cc(C(=O)OC)c(-c8cc(F)c(-c9ccc(C)s9)s8)s7)s6)s5)s4)c4nsnc43)c3nsnc23)sc1C. The van der Waals surface area contributed by atoms with E-state index in [1.54, 1.807) is 28.7 Å². The fraction of sp³-hybridized carbons (Fsp3) is 0.567. The van der Waals surface area contributed by atoms with Gasteiger partial charge in [0.1, 0.15) is 27.9 Å². The van der Waals surface area contributed by atoms with Crippen LogP contribution in [0.5, 0.6) is 0 Å². The quantitative estimate of drug-likeness (QED) is 0.0279. The molecule has 106 heavy (non-hydrogen) atoms. The van der Waals surface area contributed by atoms with Crippen molar-refractivity contribution >= 4 is 142 Å². The van der Waals surface area contributed by atoms with Gasteiger partial charge in [-0.1, -0.05) is 285 Å². The van der Waals surface area contributed by atoms with Gasteiger partial charge in [-0.15, -0.1) is 79.4 Å². The van der Waals surface area contributed by atoms with Gasteiger partial charge in [0, 0.05) is 80.4 Å². The summed E-state index contributed by atoms with van der Waals surface area (Å²) in [7, 11) is 1.42. The van der Waals surface area contributed by atoms with E-state index in [0.29, 0.717) is 22.3 Å². The maximum atomic E-state index is 15.7. The number of hydrogen-bond acceptors (Lipinski definition) is 15. The number of carbonyl (C=O) groups excluding carboxylic acids is 1. The van der Waals surface area contributed by atoms with Crippen LogP contribution in [0.15, 0.2) is 72.8 Å². The van der Waals surface area contributed by atoms with E-state index >= 15 is 4.39 Å². The van der Waals surface area contributed by atoms with Crippen LogP contribution in [0.1, 0.15) is 316 Å². The Morgan fingerprint density at radius 3 is 1.18 bits per heavy atom. The minimum absolute atomic E-state index is 0.266. The Bertz CT molecular complexity index is 4410. The molecule has 11 aromatic rings. The van der Waals surface area contributed by atoms with Gasteiger partial charge in [0.15, 0.2) is 0 Å². The number of carbonyl (C=O) groups is 1. The summed E-state index contributed by atoms with van der Waals surface area (Å²) < 4.78 is 41.8. The number of unbranched alkanes of at least 4 members (excludes halogenated alkanes) is 32. The largest absolute Gasteiger partial charge is 0.465 e.